The maximum atomic E-state index is 15.7. The second-order valence-electron chi connectivity index (χ2n) is 34.0. The van der Waals surface area contributed by atoms with Gasteiger partial charge in [0.2, 0.25) is 70.9 Å². The predicted molar refractivity (Wildman–Crippen MR) is 386 cm³/mol. The lowest BCUT2D eigenvalue weighted by atomic mass is 9.74. The van der Waals surface area contributed by atoms with E-state index in [1.807, 2.05) is 34.6 Å². The fraction of sp³-hybridized carbons (Fsp3) is 0.844. The second-order valence-corrected chi connectivity index (χ2v) is 34.0. The molecule has 12 amide bonds. The van der Waals surface area contributed by atoms with Crippen LogP contribution in [0.1, 0.15) is 189 Å². The minimum Gasteiger partial charge on any atom is -0.378 e. The van der Waals surface area contributed by atoms with Crippen LogP contribution in [0.15, 0.2) is 0 Å². The van der Waals surface area contributed by atoms with Crippen molar-refractivity contribution in [3.8, 4) is 0 Å². The van der Waals surface area contributed by atoms with Gasteiger partial charge in [0, 0.05) is 68.0 Å². The molecule has 2 bridgehead atoms. The van der Waals surface area contributed by atoms with E-state index in [-0.39, 0.29) is 147 Å². The van der Waals surface area contributed by atoms with Crippen molar-refractivity contribution < 1.29 is 97.4 Å². The number of carbonyl (C=O) groups excluding carboxylic acids is 12. The van der Waals surface area contributed by atoms with Crippen molar-refractivity contribution >= 4 is 70.9 Å². The highest BCUT2D eigenvalue weighted by atomic mass is 19.4. The third-order valence-corrected chi connectivity index (χ3v) is 26.2. The van der Waals surface area contributed by atoms with Crippen molar-refractivity contribution in [2.75, 3.05) is 87.7 Å². The molecule has 1 spiro atoms. The molecule has 9 rings (SSSR count). The van der Waals surface area contributed by atoms with Gasteiger partial charge in [-0.25, -0.2) is 8.78 Å². The van der Waals surface area contributed by atoms with Gasteiger partial charge in [-0.3, -0.25) is 57.5 Å². The molecule has 0 radical (unpaired) electrons. The van der Waals surface area contributed by atoms with Crippen LogP contribution >= 0.6 is 0 Å². The van der Waals surface area contributed by atoms with Crippen LogP contribution in [-0.2, 0) is 62.3 Å². The number of nitrogens with zero attached hydrogens (tertiary/aromatic N) is 9. The van der Waals surface area contributed by atoms with Crippen molar-refractivity contribution in [2.24, 2.45) is 53.3 Å². The average molecular weight is 1570 g/mol. The van der Waals surface area contributed by atoms with Gasteiger partial charge in [0.15, 0.2) is 0 Å². The Bertz CT molecular complexity index is 3320. The summed E-state index contributed by atoms with van der Waals surface area (Å²) in [6, 6.07) is -12.1. The van der Waals surface area contributed by atoms with E-state index in [0.717, 1.165) is 4.90 Å². The highest BCUT2D eigenvalue weighted by molar-refractivity contribution is 6.01. The fourth-order valence-corrected chi connectivity index (χ4v) is 18.5. The van der Waals surface area contributed by atoms with E-state index >= 15 is 61.5 Å². The maximum Gasteiger partial charge on any atom is 0.397 e. The minimum absolute atomic E-state index is 0.0145. The topological polar surface area (TPSA) is 279 Å². The number of carbonyl (C=O) groups is 12. The number of hydrogen-bond donors (Lipinski definition) is 3. The molecule has 4 saturated carbocycles. The molecule has 5 saturated heterocycles. The number of morpholine rings is 1. The zero-order valence-corrected chi connectivity index (χ0v) is 65.8. The second kappa shape index (κ2) is 36.5. The number of alkyl halides is 8. The zero-order valence-electron chi connectivity index (χ0n) is 65.8. The monoisotopic (exact) mass is 1570 g/mol. The molecule has 0 aromatic carbocycles. The lowest BCUT2D eigenvalue weighted by Crippen LogP contribution is -2.68. The normalized spacial score (nSPS) is 34.0. The summed E-state index contributed by atoms with van der Waals surface area (Å²) in [5, 5.41) is 8.53. The molecule has 5 aliphatic heterocycles. The summed E-state index contributed by atoms with van der Waals surface area (Å²) in [4.78, 5) is 194. The van der Waals surface area contributed by atoms with E-state index in [1.54, 1.807) is 6.92 Å². The quantitative estimate of drug-likeness (QED) is 0.185. The summed E-state index contributed by atoms with van der Waals surface area (Å²) in [6.45, 7) is 10.5. The van der Waals surface area contributed by atoms with Gasteiger partial charge < -0.3 is 64.8 Å². The first-order valence-electron chi connectivity index (χ1n) is 40.1. The van der Waals surface area contributed by atoms with Gasteiger partial charge in [0.05, 0.1) is 32.1 Å². The van der Waals surface area contributed by atoms with E-state index in [4.69, 9.17) is 4.74 Å². The Morgan fingerprint density at radius 3 is 1.77 bits per heavy atom. The number of hydrogen-bond acceptors (Lipinski definition) is 13. The van der Waals surface area contributed by atoms with Crippen LogP contribution in [0.25, 0.3) is 0 Å². The van der Waals surface area contributed by atoms with Crippen molar-refractivity contribution in [2.45, 2.75) is 274 Å². The van der Waals surface area contributed by atoms with Gasteiger partial charge in [-0.1, -0.05) is 60.8 Å². The molecule has 9 fully saturated rings. The number of ether oxygens (including phenoxy) is 1. The Morgan fingerprint density at radius 1 is 0.582 bits per heavy atom. The number of halogens is 8. The molecule has 620 valence electrons. The lowest BCUT2D eigenvalue weighted by Gasteiger charge is -2.47. The van der Waals surface area contributed by atoms with Gasteiger partial charge in [0.25, 0.3) is 0 Å². The Morgan fingerprint density at radius 2 is 1.21 bits per heavy atom. The molecular formula is C77H118F8N12O13. The first-order chi connectivity index (χ1) is 51.7. The van der Waals surface area contributed by atoms with Crippen molar-refractivity contribution in [1.29, 1.82) is 0 Å². The summed E-state index contributed by atoms with van der Waals surface area (Å²) in [5.74, 6) is -16.9. The third kappa shape index (κ3) is 19.6. The number of nitrogens with one attached hydrogen (secondary N) is 3. The highest BCUT2D eigenvalue weighted by Gasteiger charge is 2.57. The molecular weight excluding hydrogens is 1450 g/mol. The van der Waals surface area contributed by atoms with Crippen molar-refractivity contribution in [3.05, 3.63) is 0 Å². The van der Waals surface area contributed by atoms with Gasteiger partial charge in [0.1, 0.15) is 78.2 Å². The van der Waals surface area contributed by atoms with E-state index in [0.29, 0.717) is 38.5 Å². The molecule has 5 heterocycles. The maximum absolute atomic E-state index is 15.7. The summed E-state index contributed by atoms with van der Waals surface area (Å²) < 4.78 is 121. The van der Waals surface area contributed by atoms with Gasteiger partial charge in [-0.15, -0.1) is 0 Å². The lowest BCUT2D eigenvalue weighted by molar-refractivity contribution is -0.219. The molecule has 9 aliphatic rings. The van der Waals surface area contributed by atoms with Gasteiger partial charge >= 0.3 is 12.4 Å². The molecule has 3 N–H and O–H groups in total. The third-order valence-electron chi connectivity index (χ3n) is 26.2. The van der Waals surface area contributed by atoms with Crippen LogP contribution in [0, 0.1) is 53.3 Å². The molecule has 110 heavy (non-hydrogen) atoms. The minimum atomic E-state index is -5.20. The van der Waals surface area contributed by atoms with Crippen LogP contribution < -0.4 is 16.0 Å². The van der Waals surface area contributed by atoms with Crippen LogP contribution in [0.4, 0.5) is 35.1 Å². The average Bonchev–Trinajstić information content (AvgIpc) is 1.14. The zero-order chi connectivity index (χ0) is 80.9. The number of amides is 12. The molecule has 33 heteroatoms. The van der Waals surface area contributed by atoms with Crippen molar-refractivity contribution in [3.63, 3.8) is 0 Å². The first kappa shape index (κ1) is 87.0. The largest absolute Gasteiger partial charge is 0.397 e. The number of fused-ring (bicyclic) bond motifs is 4. The van der Waals surface area contributed by atoms with E-state index in [1.165, 1.54) is 74.4 Å². The molecule has 25 nitrogen and oxygen atoms in total. The summed E-state index contributed by atoms with van der Waals surface area (Å²) in [6.07, 6.45) is -14.7. The van der Waals surface area contributed by atoms with Crippen LogP contribution in [0.3, 0.4) is 0 Å². The van der Waals surface area contributed by atoms with E-state index in [9.17, 15) is 31.1 Å². The van der Waals surface area contributed by atoms with E-state index < -0.39 is 223 Å². The van der Waals surface area contributed by atoms with Crippen molar-refractivity contribution in [1.82, 2.24) is 60.0 Å². The highest BCUT2D eigenvalue weighted by Crippen LogP contribution is 2.46. The first-order valence-corrected chi connectivity index (χ1v) is 40.1. The molecule has 0 aromatic rings. The SMILES string of the molecule is CC[C@H](C)[C@@H]1NC(=O)[C@H](CC(C)C)N(C)C(=O)C[C@@H](C(=O)N2CCOCC2)N(C)C(=O)[C@H](C2CCCC2)N(C)C(=O)C2(CCC2)NC(=O)[C@@H]2CCCN2C(=O)[C@H](CCC2CC(F)C(C(F)(F)F)C(F)C2)NC(=O)CN(C)C(=O)[C@H](CC2CCC(C(F)(F)F)CC2)N2C[C@H](C)[C@H](C)C[C@@H](C2=O)N(C)C(=O)[C@@H]2CCN2C1=O. The smallest absolute Gasteiger partial charge is 0.378 e. The van der Waals surface area contributed by atoms with Gasteiger partial charge in [-0.05, 0) is 163 Å². The standard InChI is InChI=1S/C77H118F8N12O13/c1-12-44(4)63-72(107)96-30-26-55(96)69(104)91(9)57-36-45(5)46(6)41-97(71(57)106)59(39-47-20-23-50(24-21-47)76(80,81)82)68(103)89(7)42-60(98)86-53(25-22-48-37-51(78)62(52(79)38-48)77(83,84)85)67(102)95-29-15-19-54(95)66(101)88-75(27-16-28-75)74(109)93(11)64(49-17-13-14-18-49)73(108)92(10)58(70(105)94-31-33-110-34-32-94)40-61(99)90(8)56(35-43(2)3)65(100)87-63/h43-59,62-64H,12-42H2,1-11H3,(H,86,98)(H,87,100)(H,88,101)/t44-,45+,46-,47?,48?,50?,51?,52?,53-,54-,55-,56-,57-,58-,59-,62?,63-,64-/m0/s1. The molecule has 14 atom stereocenters. The number of rotatable bonds is 11. The Labute approximate surface area is 640 Å². The summed E-state index contributed by atoms with van der Waals surface area (Å²) in [7, 11) is 6.88. The van der Waals surface area contributed by atoms with Gasteiger partial charge in [-0.2, -0.15) is 26.3 Å². The Balaban J connectivity index is 1.10. The summed E-state index contributed by atoms with van der Waals surface area (Å²) in [5.41, 5.74) is -1.65. The Hall–Kier alpha value is -6.96. The fourth-order valence-electron chi connectivity index (χ4n) is 18.5. The predicted octanol–water partition coefficient (Wildman–Crippen LogP) is 6.57. The molecule has 0 aromatic heterocycles. The molecule has 4 aliphatic carbocycles. The van der Waals surface area contributed by atoms with Crippen LogP contribution in [0.5, 0.6) is 0 Å². The Kier molecular flexibility index (Phi) is 28.8. The number of likely N-dealkylation sites (N-methyl/N-ethyl adjacent to an activating group) is 5. The van der Waals surface area contributed by atoms with Crippen LogP contribution in [0.2, 0.25) is 0 Å². The molecule has 2 unspecified atom stereocenters. The van der Waals surface area contributed by atoms with E-state index in [2.05, 4.69) is 16.0 Å². The summed E-state index contributed by atoms with van der Waals surface area (Å²) >= 11 is 0. The van der Waals surface area contributed by atoms with Crippen LogP contribution in [-0.4, -0.2) is 287 Å².